The van der Waals surface area contributed by atoms with Gasteiger partial charge in [0.1, 0.15) is 11.4 Å². The molecule has 2 aromatic carbocycles. The molecule has 3 heteroatoms. The van der Waals surface area contributed by atoms with Gasteiger partial charge in [-0.3, -0.25) is 4.90 Å². The van der Waals surface area contributed by atoms with Crippen LogP contribution in [0.5, 0.6) is 0 Å². The summed E-state index contributed by atoms with van der Waals surface area (Å²) in [4.78, 5) is 2.50. The third kappa shape index (κ3) is 3.21. The van der Waals surface area contributed by atoms with Gasteiger partial charge in [-0.1, -0.05) is 43.7 Å². The second kappa shape index (κ2) is 7.01. The van der Waals surface area contributed by atoms with Gasteiger partial charge in [-0.15, -0.1) is 0 Å². The SMILES string of the molecule is CCC1CN(Cc2ccccc2)CCC1c1c(F)ccc2ccoc12. The highest BCUT2D eigenvalue weighted by Gasteiger charge is 2.32. The highest BCUT2D eigenvalue weighted by atomic mass is 19.1. The zero-order valence-electron chi connectivity index (χ0n) is 14.6. The standard InChI is InChI=1S/C22H24FNO/c1-2-17-15-24(14-16-6-4-3-5-7-16)12-10-19(17)21-20(23)9-8-18-11-13-25-22(18)21/h3-9,11,13,17,19H,2,10,12,14-15H2,1H3. The number of nitrogens with zero attached hydrogens (tertiary/aromatic N) is 1. The predicted molar refractivity (Wildman–Crippen MR) is 99.0 cm³/mol. The summed E-state index contributed by atoms with van der Waals surface area (Å²) >= 11 is 0. The number of fused-ring (bicyclic) bond motifs is 1. The Morgan fingerprint density at radius 3 is 2.76 bits per heavy atom. The average molecular weight is 337 g/mol. The molecule has 2 unspecified atom stereocenters. The number of hydrogen-bond donors (Lipinski definition) is 0. The predicted octanol–water partition coefficient (Wildman–Crippen LogP) is 5.59. The van der Waals surface area contributed by atoms with Crippen LogP contribution in [0.1, 0.15) is 36.8 Å². The number of rotatable bonds is 4. The average Bonchev–Trinajstić information content (AvgIpc) is 3.11. The zero-order valence-corrected chi connectivity index (χ0v) is 14.6. The van der Waals surface area contributed by atoms with Gasteiger partial charge >= 0.3 is 0 Å². The van der Waals surface area contributed by atoms with E-state index in [4.69, 9.17) is 4.42 Å². The van der Waals surface area contributed by atoms with Gasteiger partial charge in [0.15, 0.2) is 0 Å². The molecule has 1 aromatic heterocycles. The van der Waals surface area contributed by atoms with Crippen LogP contribution in [0.2, 0.25) is 0 Å². The van der Waals surface area contributed by atoms with Crippen LogP contribution >= 0.6 is 0 Å². The summed E-state index contributed by atoms with van der Waals surface area (Å²) in [7, 11) is 0. The van der Waals surface area contributed by atoms with E-state index in [9.17, 15) is 4.39 Å². The fraction of sp³-hybridized carbons (Fsp3) is 0.364. The minimum Gasteiger partial charge on any atom is -0.464 e. The van der Waals surface area contributed by atoms with Crippen LogP contribution < -0.4 is 0 Å². The first-order valence-electron chi connectivity index (χ1n) is 9.18. The molecular formula is C22H24FNO. The number of benzene rings is 2. The quantitative estimate of drug-likeness (QED) is 0.617. The second-order valence-corrected chi connectivity index (χ2v) is 7.08. The maximum atomic E-state index is 14.7. The van der Waals surface area contributed by atoms with Crippen LogP contribution in [0.3, 0.4) is 0 Å². The van der Waals surface area contributed by atoms with Crippen molar-refractivity contribution >= 4 is 11.0 Å². The highest BCUT2D eigenvalue weighted by Crippen LogP contribution is 2.40. The molecule has 1 aliphatic heterocycles. The third-order valence-electron chi connectivity index (χ3n) is 5.57. The Labute approximate surface area is 148 Å². The highest BCUT2D eigenvalue weighted by molar-refractivity contribution is 5.81. The first-order chi connectivity index (χ1) is 12.3. The van der Waals surface area contributed by atoms with E-state index in [1.54, 1.807) is 12.3 Å². The summed E-state index contributed by atoms with van der Waals surface area (Å²) in [6.07, 6.45) is 3.69. The van der Waals surface area contributed by atoms with Gasteiger partial charge in [-0.2, -0.15) is 0 Å². The molecule has 1 aliphatic rings. The van der Waals surface area contributed by atoms with Crippen molar-refractivity contribution in [3.8, 4) is 0 Å². The van der Waals surface area contributed by atoms with Gasteiger partial charge in [-0.25, -0.2) is 4.39 Å². The molecule has 0 radical (unpaired) electrons. The lowest BCUT2D eigenvalue weighted by molar-refractivity contribution is 0.142. The molecular weight excluding hydrogens is 313 g/mol. The van der Waals surface area contributed by atoms with E-state index < -0.39 is 0 Å². The van der Waals surface area contributed by atoms with Crippen molar-refractivity contribution in [2.75, 3.05) is 13.1 Å². The monoisotopic (exact) mass is 337 g/mol. The van der Waals surface area contributed by atoms with Crippen LogP contribution in [0.15, 0.2) is 59.2 Å². The first-order valence-corrected chi connectivity index (χ1v) is 9.18. The van der Waals surface area contributed by atoms with Crippen LogP contribution in [0, 0.1) is 11.7 Å². The molecule has 3 aromatic rings. The molecule has 2 nitrogen and oxygen atoms in total. The topological polar surface area (TPSA) is 16.4 Å². The largest absolute Gasteiger partial charge is 0.464 e. The minimum atomic E-state index is -0.123. The number of piperidine rings is 1. The molecule has 4 rings (SSSR count). The fourth-order valence-electron chi connectivity index (χ4n) is 4.26. The van der Waals surface area contributed by atoms with Crippen LogP contribution in [-0.2, 0) is 6.54 Å². The Kier molecular flexibility index (Phi) is 4.58. The lowest BCUT2D eigenvalue weighted by atomic mass is 9.78. The summed E-state index contributed by atoms with van der Waals surface area (Å²) in [5.74, 6) is 0.553. The fourth-order valence-corrected chi connectivity index (χ4v) is 4.26. The number of hydrogen-bond acceptors (Lipinski definition) is 2. The molecule has 2 atom stereocenters. The van der Waals surface area contributed by atoms with Crippen molar-refractivity contribution < 1.29 is 8.81 Å². The Bertz CT molecular complexity index is 842. The van der Waals surface area contributed by atoms with E-state index in [2.05, 4.69) is 42.2 Å². The molecule has 0 spiro atoms. The van der Waals surface area contributed by atoms with Gasteiger partial charge < -0.3 is 4.42 Å². The normalized spacial score (nSPS) is 21.7. The zero-order chi connectivity index (χ0) is 17.2. The van der Waals surface area contributed by atoms with E-state index in [1.165, 1.54) is 5.56 Å². The third-order valence-corrected chi connectivity index (χ3v) is 5.57. The molecule has 0 bridgehead atoms. The molecule has 130 valence electrons. The van der Waals surface area contributed by atoms with E-state index in [-0.39, 0.29) is 11.7 Å². The minimum absolute atomic E-state index is 0.123. The van der Waals surface area contributed by atoms with Crippen LogP contribution in [0.4, 0.5) is 4.39 Å². The molecule has 0 saturated carbocycles. The molecule has 0 amide bonds. The molecule has 25 heavy (non-hydrogen) atoms. The van der Waals surface area contributed by atoms with Gasteiger partial charge in [0, 0.05) is 24.0 Å². The van der Waals surface area contributed by atoms with Crippen molar-refractivity contribution in [1.82, 2.24) is 4.90 Å². The summed E-state index contributed by atoms with van der Waals surface area (Å²) in [5, 5.41) is 0.998. The number of furan rings is 1. The maximum Gasteiger partial charge on any atom is 0.140 e. The van der Waals surface area contributed by atoms with Crippen LogP contribution in [-0.4, -0.2) is 18.0 Å². The summed E-state index contributed by atoms with van der Waals surface area (Å²) < 4.78 is 20.3. The smallest absolute Gasteiger partial charge is 0.140 e. The van der Waals surface area contributed by atoms with Gasteiger partial charge in [0.05, 0.1) is 6.26 Å². The summed E-state index contributed by atoms with van der Waals surface area (Å²) in [6, 6.07) is 15.9. The summed E-state index contributed by atoms with van der Waals surface area (Å²) in [6.45, 7) is 5.18. The van der Waals surface area contributed by atoms with Crippen molar-refractivity contribution in [3.63, 3.8) is 0 Å². The van der Waals surface area contributed by atoms with E-state index >= 15 is 0 Å². The molecule has 0 aliphatic carbocycles. The Balaban J connectivity index is 1.58. The van der Waals surface area contributed by atoms with Gasteiger partial charge in [0.2, 0.25) is 0 Å². The summed E-state index contributed by atoms with van der Waals surface area (Å²) in [5.41, 5.74) is 2.86. The molecule has 1 saturated heterocycles. The second-order valence-electron chi connectivity index (χ2n) is 7.08. The van der Waals surface area contributed by atoms with Gasteiger partial charge in [0.25, 0.3) is 0 Å². The van der Waals surface area contributed by atoms with E-state index in [0.717, 1.165) is 49.0 Å². The van der Waals surface area contributed by atoms with Crippen LogP contribution in [0.25, 0.3) is 11.0 Å². The van der Waals surface area contributed by atoms with Crippen molar-refractivity contribution in [2.45, 2.75) is 32.2 Å². The Morgan fingerprint density at radius 1 is 1.12 bits per heavy atom. The van der Waals surface area contributed by atoms with Gasteiger partial charge in [-0.05, 0) is 48.6 Å². The van der Waals surface area contributed by atoms with E-state index in [0.29, 0.717) is 5.92 Å². The van der Waals surface area contributed by atoms with Crippen molar-refractivity contribution in [2.24, 2.45) is 5.92 Å². The lowest BCUT2D eigenvalue weighted by Crippen LogP contribution is -2.39. The Hall–Kier alpha value is -2.13. The molecule has 0 N–H and O–H groups in total. The Morgan fingerprint density at radius 2 is 1.96 bits per heavy atom. The number of halogens is 1. The number of likely N-dealkylation sites (tertiary alicyclic amines) is 1. The van der Waals surface area contributed by atoms with Crippen molar-refractivity contribution in [3.05, 3.63) is 71.7 Å². The molecule has 2 heterocycles. The van der Waals surface area contributed by atoms with Crippen molar-refractivity contribution in [1.29, 1.82) is 0 Å². The van der Waals surface area contributed by atoms with E-state index in [1.807, 2.05) is 12.1 Å². The lowest BCUT2D eigenvalue weighted by Gasteiger charge is -2.38. The maximum absolute atomic E-state index is 14.7. The first kappa shape index (κ1) is 16.3. The molecule has 1 fully saturated rings.